The molecule has 1 saturated heterocycles. The van der Waals surface area contributed by atoms with E-state index in [1.54, 1.807) is 27.7 Å². The Bertz CT molecular complexity index is 575. The van der Waals surface area contributed by atoms with Gasteiger partial charge in [-0.3, -0.25) is 9.69 Å². The van der Waals surface area contributed by atoms with Crippen molar-refractivity contribution in [3.05, 3.63) is 35.9 Å². The minimum absolute atomic E-state index is 0.0646. The van der Waals surface area contributed by atoms with E-state index in [9.17, 15) is 9.59 Å². The fourth-order valence-electron chi connectivity index (χ4n) is 2.79. The van der Waals surface area contributed by atoms with Crippen molar-refractivity contribution < 1.29 is 14.3 Å². The number of hydrogen-bond donors (Lipinski definition) is 1. The standard InChI is InChI=1S/C19H29N3O3/c1-15(20-18(24)25-19(2,3)4)17(23)22-12-10-21(11-13-22)14-16-8-6-5-7-9-16/h5-9,15H,10-14H2,1-4H3,(H,20,24). The minimum atomic E-state index is -0.587. The van der Waals surface area contributed by atoms with Crippen LogP contribution < -0.4 is 5.32 Å². The monoisotopic (exact) mass is 347 g/mol. The number of piperazine rings is 1. The molecule has 138 valence electrons. The lowest BCUT2D eigenvalue weighted by Crippen LogP contribution is -2.54. The van der Waals surface area contributed by atoms with E-state index in [-0.39, 0.29) is 5.91 Å². The second-order valence-electron chi connectivity index (χ2n) is 7.45. The van der Waals surface area contributed by atoms with Crippen LogP contribution in [0.5, 0.6) is 0 Å². The van der Waals surface area contributed by atoms with Crippen LogP contribution in [0.4, 0.5) is 4.79 Å². The Hall–Kier alpha value is -2.08. The van der Waals surface area contributed by atoms with Gasteiger partial charge in [0.2, 0.25) is 5.91 Å². The third-order valence-corrected chi connectivity index (χ3v) is 4.04. The van der Waals surface area contributed by atoms with Gasteiger partial charge in [0, 0.05) is 32.7 Å². The number of carbonyl (C=O) groups excluding carboxylic acids is 2. The summed E-state index contributed by atoms with van der Waals surface area (Å²) in [6.07, 6.45) is -0.559. The van der Waals surface area contributed by atoms with Crippen LogP contribution in [0.2, 0.25) is 0 Å². The number of nitrogens with zero attached hydrogens (tertiary/aromatic N) is 2. The van der Waals surface area contributed by atoms with Crippen molar-refractivity contribution in [3.8, 4) is 0 Å². The van der Waals surface area contributed by atoms with Crippen LogP contribution >= 0.6 is 0 Å². The Morgan fingerprint density at radius 2 is 1.72 bits per heavy atom. The Kier molecular flexibility index (Phi) is 6.42. The highest BCUT2D eigenvalue weighted by Crippen LogP contribution is 2.10. The van der Waals surface area contributed by atoms with Gasteiger partial charge in [-0.15, -0.1) is 0 Å². The van der Waals surface area contributed by atoms with Crippen LogP contribution in [0.25, 0.3) is 0 Å². The van der Waals surface area contributed by atoms with Gasteiger partial charge in [0.05, 0.1) is 0 Å². The van der Waals surface area contributed by atoms with Crippen molar-refractivity contribution in [1.82, 2.24) is 15.1 Å². The number of ether oxygens (including phenoxy) is 1. The zero-order chi connectivity index (χ0) is 18.4. The van der Waals surface area contributed by atoms with Gasteiger partial charge in [-0.1, -0.05) is 30.3 Å². The average molecular weight is 347 g/mol. The summed E-state index contributed by atoms with van der Waals surface area (Å²) >= 11 is 0. The molecular formula is C19H29N3O3. The highest BCUT2D eigenvalue weighted by molar-refractivity contribution is 5.85. The summed E-state index contributed by atoms with van der Waals surface area (Å²) in [5.41, 5.74) is 0.706. The molecule has 2 rings (SSSR count). The molecule has 0 spiro atoms. The number of nitrogens with one attached hydrogen (secondary N) is 1. The first-order valence-electron chi connectivity index (χ1n) is 8.79. The van der Waals surface area contributed by atoms with Crippen molar-refractivity contribution in [2.45, 2.75) is 45.9 Å². The van der Waals surface area contributed by atoms with Gasteiger partial charge in [-0.2, -0.15) is 0 Å². The second kappa shape index (κ2) is 8.34. The Morgan fingerprint density at radius 1 is 1.12 bits per heavy atom. The molecule has 0 bridgehead atoms. The van der Waals surface area contributed by atoms with Crippen LogP contribution in [0.3, 0.4) is 0 Å². The van der Waals surface area contributed by atoms with E-state index in [4.69, 9.17) is 4.74 Å². The zero-order valence-electron chi connectivity index (χ0n) is 15.6. The van der Waals surface area contributed by atoms with Gasteiger partial charge in [0.15, 0.2) is 0 Å². The number of carbonyl (C=O) groups is 2. The number of rotatable bonds is 4. The topological polar surface area (TPSA) is 61.9 Å². The van der Waals surface area contributed by atoms with Crippen LogP contribution in [0.15, 0.2) is 30.3 Å². The summed E-state index contributed by atoms with van der Waals surface area (Å²) < 4.78 is 5.20. The molecule has 1 fully saturated rings. The van der Waals surface area contributed by atoms with Gasteiger partial charge in [0.1, 0.15) is 11.6 Å². The summed E-state index contributed by atoms with van der Waals surface area (Å²) in [5, 5.41) is 2.62. The molecule has 0 aromatic heterocycles. The fraction of sp³-hybridized carbons (Fsp3) is 0.579. The van der Waals surface area contributed by atoms with Crippen molar-refractivity contribution in [3.63, 3.8) is 0 Å². The Morgan fingerprint density at radius 3 is 2.28 bits per heavy atom. The SMILES string of the molecule is CC(NC(=O)OC(C)(C)C)C(=O)N1CCN(Cc2ccccc2)CC1. The molecule has 1 aromatic carbocycles. The molecule has 2 amide bonds. The molecule has 6 heteroatoms. The van der Waals surface area contributed by atoms with E-state index in [2.05, 4.69) is 22.3 Å². The number of hydrogen-bond acceptors (Lipinski definition) is 4. The first-order chi connectivity index (χ1) is 11.7. The van der Waals surface area contributed by atoms with Crippen LogP contribution in [0, 0.1) is 0 Å². The van der Waals surface area contributed by atoms with E-state index in [1.807, 2.05) is 23.1 Å². The smallest absolute Gasteiger partial charge is 0.408 e. The lowest BCUT2D eigenvalue weighted by molar-refractivity contribution is -0.134. The fourth-order valence-corrected chi connectivity index (χ4v) is 2.79. The molecule has 1 heterocycles. The van der Waals surface area contributed by atoms with Gasteiger partial charge < -0.3 is 15.0 Å². The summed E-state index contributed by atoms with van der Waals surface area (Å²) in [5.74, 6) is -0.0646. The normalized spacial score (nSPS) is 17.0. The molecule has 1 aromatic rings. The third kappa shape index (κ3) is 6.38. The summed E-state index contributed by atoms with van der Waals surface area (Å²) in [7, 11) is 0. The number of alkyl carbamates (subject to hydrolysis) is 1. The maximum absolute atomic E-state index is 12.5. The lowest BCUT2D eigenvalue weighted by atomic mass is 10.2. The van der Waals surface area contributed by atoms with E-state index < -0.39 is 17.7 Å². The molecule has 1 atom stereocenters. The molecule has 0 aliphatic carbocycles. The quantitative estimate of drug-likeness (QED) is 0.907. The Balaban J connectivity index is 1.77. The van der Waals surface area contributed by atoms with Crippen LogP contribution in [-0.2, 0) is 16.1 Å². The zero-order valence-corrected chi connectivity index (χ0v) is 15.6. The van der Waals surface area contributed by atoms with E-state index in [0.717, 1.165) is 19.6 Å². The van der Waals surface area contributed by atoms with Gasteiger partial charge in [-0.05, 0) is 33.3 Å². The molecule has 1 unspecified atom stereocenters. The summed E-state index contributed by atoms with van der Waals surface area (Å²) in [6.45, 7) is 11.0. The van der Waals surface area contributed by atoms with Crippen molar-refractivity contribution in [2.24, 2.45) is 0 Å². The number of amides is 2. The predicted octanol–water partition coefficient (Wildman–Crippen LogP) is 2.24. The lowest BCUT2D eigenvalue weighted by Gasteiger charge is -2.36. The molecule has 1 N–H and O–H groups in total. The maximum Gasteiger partial charge on any atom is 0.408 e. The van der Waals surface area contributed by atoms with Crippen molar-refractivity contribution in [2.75, 3.05) is 26.2 Å². The molecule has 1 aliphatic heterocycles. The van der Waals surface area contributed by atoms with E-state index >= 15 is 0 Å². The third-order valence-electron chi connectivity index (χ3n) is 4.04. The molecule has 0 saturated carbocycles. The molecule has 1 aliphatic rings. The summed E-state index contributed by atoms with van der Waals surface area (Å²) in [4.78, 5) is 28.4. The van der Waals surface area contributed by atoms with Gasteiger partial charge in [-0.25, -0.2) is 4.79 Å². The van der Waals surface area contributed by atoms with Crippen molar-refractivity contribution in [1.29, 1.82) is 0 Å². The highest BCUT2D eigenvalue weighted by atomic mass is 16.6. The van der Waals surface area contributed by atoms with Gasteiger partial charge in [0.25, 0.3) is 0 Å². The molecule has 25 heavy (non-hydrogen) atoms. The van der Waals surface area contributed by atoms with Crippen LogP contribution in [0.1, 0.15) is 33.3 Å². The average Bonchev–Trinajstić information content (AvgIpc) is 2.54. The highest BCUT2D eigenvalue weighted by Gasteiger charge is 2.27. The number of benzene rings is 1. The second-order valence-corrected chi connectivity index (χ2v) is 7.45. The first-order valence-corrected chi connectivity index (χ1v) is 8.79. The van der Waals surface area contributed by atoms with Crippen LogP contribution in [-0.4, -0.2) is 59.6 Å². The predicted molar refractivity (Wildman–Crippen MR) is 97.1 cm³/mol. The maximum atomic E-state index is 12.5. The molecule has 6 nitrogen and oxygen atoms in total. The largest absolute Gasteiger partial charge is 0.444 e. The summed E-state index contributed by atoms with van der Waals surface area (Å²) in [6, 6.07) is 9.74. The van der Waals surface area contributed by atoms with E-state index in [1.165, 1.54) is 5.56 Å². The molecular weight excluding hydrogens is 318 g/mol. The Labute approximate surface area is 150 Å². The first kappa shape index (κ1) is 19.2. The van der Waals surface area contributed by atoms with E-state index in [0.29, 0.717) is 13.1 Å². The van der Waals surface area contributed by atoms with Gasteiger partial charge >= 0.3 is 6.09 Å². The van der Waals surface area contributed by atoms with Crippen molar-refractivity contribution >= 4 is 12.0 Å². The minimum Gasteiger partial charge on any atom is -0.444 e. The molecule has 0 radical (unpaired) electrons.